The van der Waals surface area contributed by atoms with Gasteiger partial charge in [-0.1, -0.05) is 35.5 Å². The first-order valence-electron chi connectivity index (χ1n) is 10.9. The first kappa shape index (κ1) is 22.2. The van der Waals surface area contributed by atoms with Crippen molar-refractivity contribution in [2.24, 2.45) is 0 Å². The first-order chi connectivity index (χ1) is 17.1. The number of hydrogen-bond acceptors (Lipinski definition) is 7. The lowest BCUT2D eigenvalue weighted by atomic mass is 10.0. The summed E-state index contributed by atoms with van der Waals surface area (Å²) in [4.78, 5) is 22.6. The minimum Gasteiger partial charge on any atom is -0.361 e. The molecule has 0 saturated carbocycles. The Morgan fingerprint density at radius 3 is 2.46 bits per heavy atom. The second kappa shape index (κ2) is 9.70. The molecule has 0 spiro atoms. The van der Waals surface area contributed by atoms with Gasteiger partial charge in [-0.2, -0.15) is 0 Å². The van der Waals surface area contributed by atoms with Crippen molar-refractivity contribution in [1.82, 2.24) is 20.1 Å². The van der Waals surface area contributed by atoms with Gasteiger partial charge in [0.15, 0.2) is 0 Å². The van der Waals surface area contributed by atoms with E-state index in [1.165, 1.54) is 12.1 Å². The van der Waals surface area contributed by atoms with Gasteiger partial charge in [0.1, 0.15) is 30.0 Å². The molecule has 2 aromatic carbocycles. The lowest BCUT2D eigenvalue weighted by molar-refractivity contribution is -0.384. The molecule has 35 heavy (non-hydrogen) atoms. The highest BCUT2D eigenvalue weighted by atomic mass is 16.6. The summed E-state index contributed by atoms with van der Waals surface area (Å²) in [7, 11) is 0. The minimum absolute atomic E-state index is 0.0243. The van der Waals surface area contributed by atoms with Crippen LogP contribution in [0.4, 0.5) is 5.69 Å². The van der Waals surface area contributed by atoms with Crippen molar-refractivity contribution in [3.8, 4) is 22.5 Å². The van der Waals surface area contributed by atoms with Gasteiger partial charge in [0, 0.05) is 36.3 Å². The van der Waals surface area contributed by atoms with Gasteiger partial charge in [0.25, 0.3) is 5.69 Å². The van der Waals surface area contributed by atoms with Gasteiger partial charge in [-0.15, -0.1) is 0 Å². The molecule has 174 valence electrons. The lowest BCUT2D eigenvalue weighted by Gasteiger charge is -2.18. The number of nitro groups is 1. The van der Waals surface area contributed by atoms with Crippen LogP contribution in [-0.2, 0) is 11.3 Å². The van der Waals surface area contributed by atoms with Crippen molar-refractivity contribution >= 4 is 5.69 Å². The molecule has 0 aliphatic carbocycles. The fraction of sp³-hybridized carbons (Fsp3) is 0.115. The maximum absolute atomic E-state index is 11.0. The third kappa shape index (κ3) is 4.71. The van der Waals surface area contributed by atoms with Gasteiger partial charge >= 0.3 is 0 Å². The molecule has 0 bridgehead atoms. The fourth-order valence-corrected chi connectivity index (χ4v) is 3.89. The zero-order chi connectivity index (χ0) is 24.2. The van der Waals surface area contributed by atoms with Crippen LogP contribution in [0.3, 0.4) is 0 Å². The predicted octanol–water partition coefficient (Wildman–Crippen LogP) is 5.65. The zero-order valence-electron chi connectivity index (χ0n) is 18.8. The molecule has 5 aromatic rings. The molecule has 9 nitrogen and oxygen atoms in total. The van der Waals surface area contributed by atoms with Crippen molar-refractivity contribution in [2.75, 3.05) is 0 Å². The Hall–Kier alpha value is -4.63. The maximum Gasteiger partial charge on any atom is 0.269 e. The molecule has 0 saturated heterocycles. The van der Waals surface area contributed by atoms with Crippen molar-refractivity contribution in [2.45, 2.75) is 19.6 Å². The number of nitrogens with one attached hydrogen (secondary N) is 1. The summed E-state index contributed by atoms with van der Waals surface area (Å²) in [6.07, 6.45) is 4.71. The maximum atomic E-state index is 11.0. The summed E-state index contributed by atoms with van der Waals surface area (Å²) >= 11 is 0. The second-order valence-electron chi connectivity index (χ2n) is 7.88. The Morgan fingerprint density at radius 1 is 1.03 bits per heavy atom. The molecule has 0 fully saturated rings. The molecule has 1 N–H and O–H groups in total. The van der Waals surface area contributed by atoms with Crippen LogP contribution in [0, 0.1) is 17.0 Å². The number of pyridine rings is 1. The van der Waals surface area contributed by atoms with E-state index in [0.29, 0.717) is 17.3 Å². The van der Waals surface area contributed by atoms with Gasteiger partial charge < -0.3 is 14.2 Å². The van der Waals surface area contributed by atoms with Crippen molar-refractivity contribution in [3.63, 3.8) is 0 Å². The Kier molecular flexibility index (Phi) is 6.15. The minimum atomic E-state index is -0.454. The zero-order valence-corrected chi connectivity index (χ0v) is 18.8. The average molecular weight is 467 g/mol. The Morgan fingerprint density at radius 2 is 1.74 bits per heavy atom. The quantitative estimate of drug-likeness (QED) is 0.231. The van der Waals surface area contributed by atoms with Crippen molar-refractivity contribution in [1.29, 1.82) is 0 Å². The largest absolute Gasteiger partial charge is 0.361 e. The first-order valence-corrected chi connectivity index (χ1v) is 10.9. The van der Waals surface area contributed by atoms with Gasteiger partial charge in [-0.05, 0) is 42.3 Å². The molecule has 1 atom stereocenters. The molecule has 0 aliphatic rings. The van der Waals surface area contributed by atoms with E-state index < -0.39 is 11.0 Å². The van der Waals surface area contributed by atoms with Crippen LogP contribution in [-0.4, -0.2) is 25.0 Å². The molecular weight excluding hydrogens is 446 g/mol. The third-order valence-electron chi connectivity index (χ3n) is 5.60. The second-order valence-corrected chi connectivity index (χ2v) is 7.88. The Bertz CT molecular complexity index is 1430. The number of rotatable bonds is 8. The van der Waals surface area contributed by atoms with E-state index >= 15 is 0 Å². The van der Waals surface area contributed by atoms with Crippen LogP contribution in [0.1, 0.15) is 28.8 Å². The van der Waals surface area contributed by atoms with Gasteiger partial charge in [-0.25, -0.2) is 4.98 Å². The highest BCUT2D eigenvalue weighted by molar-refractivity contribution is 5.79. The van der Waals surface area contributed by atoms with Gasteiger partial charge in [0.05, 0.1) is 16.2 Å². The van der Waals surface area contributed by atoms with Gasteiger partial charge in [0.2, 0.25) is 0 Å². The molecular formula is C26H21N5O4. The van der Waals surface area contributed by atoms with Crippen LogP contribution < -0.4 is 0 Å². The summed E-state index contributed by atoms with van der Waals surface area (Å²) in [6, 6.07) is 19.8. The number of H-pyrrole nitrogens is 1. The number of imidazole rings is 1. The number of hydrogen-bond donors (Lipinski definition) is 1. The van der Waals surface area contributed by atoms with E-state index in [-0.39, 0.29) is 12.3 Å². The molecule has 3 aromatic heterocycles. The van der Waals surface area contributed by atoms with E-state index in [1.54, 1.807) is 30.7 Å². The molecule has 0 aliphatic heterocycles. The van der Waals surface area contributed by atoms with Crippen LogP contribution in [0.25, 0.3) is 22.5 Å². The molecule has 1 unspecified atom stereocenters. The molecule has 3 heterocycles. The summed E-state index contributed by atoms with van der Waals surface area (Å²) in [6.45, 7) is 2.04. The fourth-order valence-electron chi connectivity index (χ4n) is 3.89. The number of aromatic nitrogens is 4. The van der Waals surface area contributed by atoms with E-state index in [2.05, 4.69) is 15.1 Å². The molecule has 5 rings (SSSR count). The summed E-state index contributed by atoms with van der Waals surface area (Å²) in [5.41, 5.74) is 4.88. The smallest absolute Gasteiger partial charge is 0.269 e. The normalized spacial score (nSPS) is 11.9. The third-order valence-corrected chi connectivity index (χ3v) is 5.60. The van der Waals surface area contributed by atoms with E-state index in [4.69, 9.17) is 14.2 Å². The van der Waals surface area contributed by atoms with Crippen LogP contribution in [0.5, 0.6) is 0 Å². The number of nitrogens with zero attached hydrogens (tertiary/aromatic N) is 4. The summed E-state index contributed by atoms with van der Waals surface area (Å²) in [5.74, 6) is 1.30. The molecule has 0 amide bonds. The number of non-ortho nitro benzene ring substituents is 1. The Labute approximate surface area is 200 Å². The number of nitro benzene ring substituents is 1. The summed E-state index contributed by atoms with van der Waals surface area (Å²) < 4.78 is 11.7. The predicted molar refractivity (Wildman–Crippen MR) is 128 cm³/mol. The van der Waals surface area contributed by atoms with Crippen LogP contribution in [0.15, 0.2) is 89.8 Å². The van der Waals surface area contributed by atoms with E-state index in [9.17, 15) is 10.1 Å². The van der Waals surface area contributed by atoms with E-state index in [0.717, 1.165) is 27.9 Å². The molecule has 0 radical (unpaired) electrons. The van der Waals surface area contributed by atoms with Gasteiger partial charge in [-0.3, -0.25) is 15.1 Å². The number of aryl methyl sites for hydroxylation is 1. The highest BCUT2D eigenvalue weighted by Gasteiger charge is 2.21. The van der Waals surface area contributed by atoms with Crippen molar-refractivity contribution < 1.29 is 14.2 Å². The van der Waals surface area contributed by atoms with Crippen LogP contribution in [0.2, 0.25) is 0 Å². The van der Waals surface area contributed by atoms with Crippen molar-refractivity contribution in [3.05, 3.63) is 118 Å². The monoisotopic (exact) mass is 467 g/mol. The number of aromatic amines is 1. The standard InChI is InChI=1S/C26H21N5O4/c1-17-24(25(30-35-17)18-5-3-2-4-6-18)22-15-28-23(29-22)16-34-26(20-11-13-27-14-12-20)19-7-9-21(10-8-19)31(32)33/h2-15,26H,16H2,1H3,(H,28,29). The number of benzene rings is 2. The summed E-state index contributed by atoms with van der Waals surface area (Å²) in [5, 5.41) is 15.3. The highest BCUT2D eigenvalue weighted by Crippen LogP contribution is 2.33. The SMILES string of the molecule is Cc1onc(-c2ccccc2)c1-c1c[nH]c(COC(c2ccncc2)c2ccc([N+](=O)[O-])cc2)n1. The number of ether oxygens (including phenoxy) is 1. The topological polar surface area (TPSA) is 120 Å². The lowest BCUT2D eigenvalue weighted by Crippen LogP contribution is -2.07. The Balaban J connectivity index is 1.40. The van der Waals surface area contributed by atoms with E-state index in [1.807, 2.05) is 49.4 Å². The average Bonchev–Trinajstić information content (AvgIpc) is 3.52. The van der Waals surface area contributed by atoms with Crippen LogP contribution >= 0.6 is 0 Å². The molecule has 9 heteroatoms.